The van der Waals surface area contributed by atoms with E-state index in [4.69, 9.17) is 14.4 Å². The van der Waals surface area contributed by atoms with Gasteiger partial charge in [0.2, 0.25) is 0 Å². The molecule has 7 nitrogen and oxygen atoms in total. The Bertz CT molecular complexity index is 570. The number of likely N-dealkylation sites (tertiary alicyclic amines) is 1. The normalized spacial score (nSPS) is 26.6. The highest BCUT2D eigenvalue weighted by atomic mass is 16.7. The van der Waals surface area contributed by atoms with Crippen LogP contribution in [0.2, 0.25) is 0 Å². The van der Waals surface area contributed by atoms with Crippen LogP contribution >= 0.6 is 0 Å². The van der Waals surface area contributed by atoms with Crippen LogP contribution in [0, 0.1) is 0 Å². The van der Waals surface area contributed by atoms with Gasteiger partial charge in [0.25, 0.3) is 0 Å². The van der Waals surface area contributed by atoms with Crippen molar-refractivity contribution in [1.82, 2.24) is 14.7 Å². The van der Waals surface area contributed by atoms with Gasteiger partial charge in [-0.25, -0.2) is 4.79 Å². The van der Waals surface area contributed by atoms with Crippen molar-refractivity contribution in [3.63, 3.8) is 0 Å². The molecule has 1 atom stereocenters. The van der Waals surface area contributed by atoms with Crippen LogP contribution in [0.25, 0.3) is 0 Å². The molecule has 2 aliphatic heterocycles. The third-order valence-electron chi connectivity index (χ3n) is 4.95. The molecule has 3 heterocycles. The van der Waals surface area contributed by atoms with Gasteiger partial charge in [-0.05, 0) is 34.1 Å². The molecule has 0 spiro atoms. The van der Waals surface area contributed by atoms with Crippen LogP contribution in [0.15, 0.2) is 12.4 Å². The Morgan fingerprint density at radius 2 is 2.00 bits per heavy atom. The summed E-state index contributed by atoms with van der Waals surface area (Å²) in [6, 6.07) is 0.0762. The van der Waals surface area contributed by atoms with Crippen molar-refractivity contribution in [2.75, 3.05) is 13.1 Å². The Labute approximate surface area is 130 Å². The number of carboxylic acid groups (broad SMARTS) is 1. The van der Waals surface area contributed by atoms with Gasteiger partial charge in [-0.2, -0.15) is 5.10 Å². The summed E-state index contributed by atoms with van der Waals surface area (Å²) in [5.74, 6) is 0. The molecule has 0 saturated carbocycles. The van der Waals surface area contributed by atoms with Crippen molar-refractivity contribution in [1.29, 1.82) is 0 Å². The zero-order valence-electron chi connectivity index (χ0n) is 13.4. The van der Waals surface area contributed by atoms with Gasteiger partial charge in [-0.15, -0.1) is 0 Å². The van der Waals surface area contributed by atoms with Crippen LogP contribution in [-0.2, 0) is 9.31 Å². The Morgan fingerprint density at radius 3 is 2.55 bits per heavy atom. The summed E-state index contributed by atoms with van der Waals surface area (Å²) in [7, 11) is -0.435. The van der Waals surface area contributed by atoms with E-state index in [9.17, 15) is 4.79 Å². The molecule has 1 aromatic heterocycles. The second kappa shape index (κ2) is 4.99. The van der Waals surface area contributed by atoms with Crippen molar-refractivity contribution >= 4 is 18.7 Å². The summed E-state index contributed by atoms with van der Waals surface area (Å²) >= 11 is 0. The molecule has 2 fully saturated rings. The van der Waals surface area contributed by atoms with E-state index in [1.165, 1.54) is 4.90 Å². The lowest BCUT2D eigenvalue weighted by Crippen LogP contribution is -2.41. The molecule has 1 N–H and O–H groups in total. The molecular formula is C14H22BN3O4. The SMILES string of the molecule is CC1(C)OB(c2cnn([C@H]3CCN(C(=O)O)C3)c2)OC1(C)C. The third kappa shape index (κ3) is 2.50. The van der Waals surface area contributed by atoms with Crippen LogP contribution in [0.3, 0.4) is 0 Å². The van der Waals surface area contributed by atoms with E-state index in [0.29, 0.717) is 13.1 Å². The van der Waals surface area contributed by atoms with Crippen molar-refractivity contribution in [3.8, 4) is 0 Å². The maximum Gasteiger partial charge on any atom is 0.498 e. The Kier molecular flexibility index (Phi) is 3.49. The molecule has 1 aromatic rings. The highest BCUT2D eigenvalue weighted by molar-refractivity contribution is 6.62. The van der Waals surface area contributed by atoms with Gasteiger partial charge >= 0.3 is 13.2 Å². The molecule has 2 saturated heterocycles. The number of hydrogen-bond donors (Lipinski definition) is 1. The van der Waals surface area contributed by atoms with Gasteiger partial charge in [0.15, 0.2) is 0 Å². The maximum atomic E-state index is 11.0. The zero-order valence-corrected chi connectivity index (χ0v) is 13.4. The predicted molar refractivity (Wildman–Crippen MR) is 81.2 cm³/mol. The summed E-state index contributed by atoms with van der Waals surface area (Å²) < 4.78 is 13.8. The predicted octanol–water partition coefficient (Wildman–Crippen LogP) is 1.11. The van der Waals surface area contributed by atoms with E-state index in [2.05, 4.69) is 5.10 Å². The van der Waals surface area contributed by atoms with Gasteiger partial charge in [0.1, 0.15) is 0 Å². The van der Waals surface area contributed by atoms with Crippen molar-refractivity contribution in [2.45, 2.75) is 51.4 Å². The summed E-state index contributed by atoms with van der Waals surface area (Å²) in [6.07, 6.45) is 3.54. The molecule has 8 heteroatoms. The number of hydrogen-bond acceptors (Lipinski definition) is 4. The average molecular weight is 307 g/mol. The summed E-state index contributed by atoms with van der Waals surface area (Å²) in [4.78, 5) is 12.4. The summed E-state index contributed by atoms with van der Waals surface area (Å²) in [5, 5.41) is 13.4. The number of rotatable bonds is 2. The van der Waals surface area contributed by atoms with E-state index in [1.54, 1.807) is 6.20 Å². The standard InChI is InChI=1S/C14H22BN3O4/c1-13(2)14(3,4)22-15(21-13)10-7-16-18(8-10)11-5-6-17(9-11)12(19)20/h7-8,11H,5-6,9H2,1-4H3,(H,19,20)/t11-/m0/s1. The van der Waals surface area contributed by atoms with Crippen molar-refractivity contribution in [2.24, 2.45) is 0 Å². The Hall–Kier alpha value is -1.54. The molecule has 1 amide bonds. The van der Waals surface area contributed by atoms with Crippen molar-refractivity contribution in [3.05, 3.63) is 12.4 Å². The van der Waals surface area contributed by atoms with E-state index in [0.717, 1.165) is 11.9 Å². The molecule has 0 unspecified atom stereocenters. The lowest BCUT2D eigenvalue weighted by Gasteiger charge is -2.32. The van der Waals surface area contributed by atoms with E-state index in [-0.39, 0.29) is 17.2 Å². The first-order valence-corrected chi connectivity index (χ1v) is 7.57. The molecule has 0 radical (unpaired) electrons. The Morgan fingerprint density at radius 1 is 1.36 bits per heavy atom. The fraction of sp³-hybridized carbons (Fsp3) is 0.714. The van der Waals surface area contributed by atoms with E-state index >= 15 is 0 Å². The fourth-order valence-corrected chi connectivity index (χ4v) is 2.78. The van der Waals surface area contributed by atoms with Crippen LogP contribution in [0.5, 0.6) is 0 Å². The number of nitrogens with zero attached hydrogens (tertiary/aromatic N) is 3. The number of amides is 1. The highest BCUT2D eigenvalue weighted by Crippen LogP contribution is 2.36. The van der Waals surface area contributed by atoms with Crippen LogP contribution in [0.4, 0.5) is 4.79 Å². The molecule has 3 rings (SSSR count). The average Bonchev–Trinajstić information content (AvgIpc) is 3.09. The molecule has 2 aliphatic rings. The zero-order chi connectivity index (χ0) is 16.1. The fourth-order valence-electron chi connectivity index (χ4n) is 2.78. The summed E-state index contributed by atoms with van der Waals surface area (Å²) in [6.45, 7) is 9.07. The first-order valence-electron chi connectivity index (χ1n) is 7.57. The molecule has 0 bridgehead atoms. The second-order valence-corrected chi connectivity index (χ2v) is 7.01. The first-order chi connectivity index (χ1) is 10.2. The smallest absolute Gasteiger partial charge is 0.465 e. The third-order valence-corrected chi connectivity index (χ3v) is 4.95. The minimum Gasteiger partial charge on any atom is -0.465 e. The lowest BCUT2D eigenvalue weighted by atomic mass is 9.82. The van der Waals surface area contributed by atoms with Crippen LogP contribution in [-0.4, -0.2) is 57.3 Å². The van der Waals surface area contributed by atoms with Gasteiger partial charge in [0, 0.05) is 30.9 Å². The van der Waals surface area contributed by atoms with E-state index in [1.807, 2.05) is 38.6 Å². The van der Waals surface area contributed by atoms with Crippen molar-refractivity contribution < 1.29 is 19.2 Å². The highest BCUT2D eigenvalue weighted by Gasteiger charge is 2.52. The summed E-state index contributed by atoms with van der Waals surface area (Å²) in [5.41, 5.74) is 0.105. The van der Waals surface area contributed by atoms with Crippen LogP contribution in [0.1, 0.15) is 40.2 Å². The van der Waals surface area contributed by atoms with Gasteiger partial charge in [-0.1, -0.05) is 0 Å². The molecule has 22 heavy (non-hydrogen) atoms. The minimum atomic E-state index is -0.874. The maximum absolute atomic E-state index is 11.0. The van der Waals surface area contributed by atoms with Gasteiger partial charge in [-0.3, -0.25) is 4.68 Å². The largest absolute Gasteiger partial charge is 0.498 e. The molecular weight excluding hydrogens is 285 g/mol. The quantitative estimate of drug-likeness (QED) is 0.828. The van der Waals surface area contributed by atoms with Crippen LogP contribution < -0.4 is 5.46 Å². The topological polar surface area (TPSA) is 76.8 Å². The molecule has 120 valence electrons. The lowest BCUT2D eigenvalue weighted by molar-refractivity contribution is 0.00578. The molecule has 0 aromatic carbocycles. The first kappa shape index (κ1) is 15.4. The number of aromatic nitrogens is 2. The number of carbonyl (C=O) groups is 1. The van der Waals surface area contributed by atoms with Gasteiger partial charge < -0.3 is 19.3 Å². The molecule has 0 aliphatic carbocycles. The van der Waals surface area contributed by atoms with Gasteiger partial charge in [0.05, 0.1) is 17.2 Å². The second-order valence-electron chi connectivity index (χ2n) is 7.01. The monoisotopic (exact) mass is 307 g/mol. The van der Waals surface area contributed by atoms with E-state index < -0.39 is 13.2 Å². The Balaban J connectivity index is 1.72. The minimum absolute atomic E-state index is 0.0762.